The molecule has 0 spiro atoms. The van der Waals surface area contributed by atoms with Gasteiger partial charge in [0.15, 0.2) is 0 Å². The van der Waals surface area contributed by atoms with Crippen LogP contribution in [-0.4, -0.2) is 38.8 Å². The molecule has 0 unspecified atom stereocenters. The Morgan fingerprint density at radius 3 is 3.04 bits per heavy atom. The molecular weight excluding hydrogens is 334 g/mol. The van der Waals surface area contributed by atoms with Gasteiger partial charge in [0, 0.05) is 49.2 Å². The number of hydrogen-bond donors (Lipinski definition) is 1. The smallest absolute Gasteiger partial charge is 0.255 e. The number of thiazole rings is 1. The van der Waals surface area contributed by atoms with Crippen molar-refractivity contribution in [2.45, 2.75) is 20.0 Å². The van der Waals surface area contributed by atoms with Gasteiger partial charge in [0.25, 0.3) is 5.91 Å². The number of pyridine rings is 1. The number of nitrogens with zero attached hydrogens (tertiary/aromatic N) is 4. The van der Waals surface area contributed by atoms with Gasteiger partial charge in [-0.3, -0.25) is 4.79 Å². The minimum Gasteiger partial charge on any atom is -0.367 e. The van der Waals surface area contributed by atoms with Crippen LogP contribution in [0.2, 0.25) is 0 Å². The first-order valence-electron chi connectivity index (χ1n) is 8.22. The van der Waals surface area contributed by atoms with E-state index in [1.54, 1.807) is 23.7 Å². The minimum absolute atomic E-state index is 0.0439. The van der Waals surface area contributed by atoms with Gasteiger partial charge < -0.3 is 14.8 Å². The van der Waals surface area contributed by atoms with Crippen LogP contribution in [0.15, 0.2) is 42.2 Å². The third-order valence-corrected chi connectivity index (χ3v) is 5.14. The van der Waals surface area contributed by atoms with E-state index in [2.05, 4.69) is 25.2 Å². The zero-order valence-corrected chi connectivity index (χ0v) is 14.8. The first-order chi connectivity index (χ1) is 12.2. The molecule has 0 bridgehead atoms. The Hall–Kier alpha value is -2.67. The second kappa shape index (κ2) is 6.68. The number of aromatic amines is 1. The van der Waals surface area contributed by atoms with Gasteiger partial charge >= 0.3 is 0 Å². The second-order valence-electron chi connectivity index (χ2n) is 6.09. The maximum atomic E-state index is 12.7. The van der Waals surface area contributed by atoms with Crippen molar-refractivity contribution in [2.24, 2.45) is 0 Å². The van der Waals surface area contributed by atoms with Crippen molar-refractivity contribution in [3.63, 3.8) is 0 Å². The van der Waals surface area contributed by atoms with Crippen molar-refractivity contribution in [1.82, 2.24) is 19.9 Å². The zero-order valence-electron chi connectivity index (χ0n) is 14.0. The van der Waals surface area contributed by atoms with E-state index in [0.717, 1.165) is 28.6 Å². The lowest BCUT2D eigenvalue weighted by atomic mass is 10.2. The molecule has 0 atom stereocenters. The van der Waals surface area contributed by atoms with Crippen LogP contribution in [0.25, 0.3) is 0 Å². The molecule has 0 fully saturated rings. The first-order valence-corrected chi connectivity index (χ1v) is 9.10. The van der Waals surface area contributed by atoms with E-state index < -0.39 is 0 Å². The van der Waals surface area contributed by atoms with Gasteiger partial charge in [0.2, 0.25) is 0 Å². The van der Waals surface area contributed by atoms with Gasteiger partial charge in [-0.25, -0.2) is 9.97 Å². The predicted octanol–water partition coefficient (Wildman–Crippen LogP) is 2.84. The lowest BCUT2D eigenvalue weighted by Crippen LogP contribution is -2.35. The van der Waals surface area contributed by atoms with E-state index in [4.69, 9.17) is 0 Å². The van der Waals surface area contributed by atoms with Crippen LogP contribution in [-0.2, 0) is 13.1 Å². The van der Waals surface area contributed by atoms with Gasteiger partial charge in [-0.05, 0) is 19.1 Å². The van der Waals surface area contributed by atoms with Gasteiger partial charge in [0.1, 0.15) is 5.82 Å². The fraction of sp³-hybridized carbons (Fsp3) is 0.278. The lowest BCUT2D eigenvalue weighted by Gasteiger charge is -2.23. The average Bonchev–Trinajstić information content (AvgIpc) is 3.25. The van der Waals surface area contributed by atoms with Crippen LogP contribution in [0.4, 0.5) is 5.82 Å². The number of hydrogen-bond acceptors (Lipinski definition) is 5. The molecule has 1 amide bonds. The standard InChI is InChI=1S/C18H19N5OS/c1-13-21-16(12-25-13)11-22-7-8-23(18(24)14-4-6-19-9-14)10-15-3-2-5-20-17(15)22/h2-6,9,12,19H,7-8,10-11H2,1H3. The molecule has 25 heavy (non-hydrogen) atoms. The molecule has 3 aromatic rings. The van der Waals surface area contributed by atoms with Crippen molar-refractivity contribution in [2.75, 3.05) is 18.0 Å². The number of aromatic nitrogens is 3. The molecular formula is C18H19N5OS. The number of carbonyl (C=O) groups is 1. The Kier molecular flexibility index (Phi) is 4.23. The number of amides is 1. The molecule has 0 saturated heterocycles. The van der Waals surface area contributed by atoms with Gasteiger partial charge in [-0.2, -0.15) is 0 Å². The van der Waals surface area contributed by atoms with Crippen molar-refractivity contribution < 1.29 is 4.79 Å². The quantitative estimate of drug-likeness (QED) is 0.786. The van der Waals surface area contributed by atoms with Crippen LogP contribution in [0.3, 0.4) is 0 Å². The number of nitrogens with one attached hydrogen (secondary N) is 1. The molecule has 0 aromatic carbocycles. The zero-order chi connectivity index (χ0) is 17.2. The van der Waals surface area contributed by atoms with Crippen LogP contribution in [0.1, 0.15) is 26.6 Å². The largest absolute Gasteiger partial charge is 0.367 e. The number of H-pyrrole nitrogens is 1. The van der Waals surface area contributed by atoms with Crippen LogP contribution < -0.4 is 4.90 Å². The summed E-state index contributed by atoms with van der Waals surface area (Å²) in [6.45, 7) is 4.68. The normalized spacial score (nSPS) is 14.3. The average molecular weight is 353 g/mol. The van der Waals surface area contributed by atoms with Crippen molar-refractivity contribution >= 4 is 23.1 Å². The Labute approximate surface area is 150 Å². The van der Waals surface area contributed by atoms with Crippen molar-refractivity contribution in [3.05, 3.63) is 64.0 Å². The van der Waals surface area contributed by atoms with E-state index >= 15 is 0 Å². The van der Waals surface area contributed by atoms with E-state index in [1.165, 1.54) is 0 Å². The number of fused-ring (bicyclic) bond motifs is 1. The van der Waals surface area contributed by atoms with E-state index in [-0.39, 0.29) is 5.91 Å². The molecule has 0 aliphatic carbocycles. The molecule has 1 aliphatic heterocycles. The van der Waals surface area contributed by atoms with Gasteiger partial charge in [-0.15, -0.1) is 11.3 Å². The molecule has 1 aliphatic rings. The highest BCUT2D eigenvalue weighted by molar-refractivity contribution is 7.09. The van der Waals surface area contributed by atoms with Crippen LogP contribution in [0.5, 0.6) is 0 Å². The molecule has 0 radical (unpaired) electrons. The highest BCUT2D eigenvalue weighted by Gasteiger charge is 2.25. The minimum atomic E-state index is 0.0439. The van der Waals surface area contributed by atoms with E-state index in [0.29, 0.717) is 25.2 Å². The highest BCUT2D eigenvalue weighted by atomic mass is 32.1. The van der Waals surface area contributed by atoms with E-state index in [9.17, 15) is 4.79 Å². The SMILES string of the molecule is Cc1nc(CN2CCN(C(=O)c3cc[nH]c3)Cc3cccnc32)cs1. The fourth-order valence-corrected chi connectivity index (χ4v) is 3.72. The summed E-state index contributed by atoms with van der Waals surface area (Å²) < 4.78 is 0. The molecule has 1 N–H and O–H groups in total. The number of rotatable bonds is 3. The Morgan fingerprint density at radius 1 is 1.36 bits per heavy atom. The fourth-order valence-electron chi connectivity index (χ4n) is 3.11. The number of anilines is 1. The van der Waals surface area contributed by atoms with Crippen LogP contribution >= 0.6 is 11.3 Å². The summed E-state index contributed by atoms with van der Waals surface area (Å²) in [5.74, 6) is 0.986. The van der Waals surface area contributed by atoms with Crippen molar-refractivity contribution in [1.29, 1.82) is 0 Å². The maximum absolute atomic E-state index is 12.7. The molecule has 128 valence electrons. The highest BCUT2D eigenvalue weighted by Crippen LogP contribution is 2.25. The van der Waals surface area contributed by atoms with Crippen molar-refractivity contribution in [3.8, 4) is 0 Å². The Morgan fingerprint density at radius 2 is 2.28 bits per heavy atom. The first kappa shape index (κ1) is 15.8. The number of aryl methyl sites for hydroxylation is 1. The third-order valence-electron chi connectivity index (χ3n) is 4.32. The topological polar surface area (TPSA) is 65.1 Å². The Balaban J connectivity index is 1.61. The van der Waals surface area contributed by atoms with Gasteiger partial charge in [-0.1, -0.05) is 6.07 Å². The number of carbonyl (C=O) groups excluding carboxylic acids is 1. The summed E-state index contributed by atoms with van der Waals surface area (Å²) in [5.41, 5.74) is 2.80. The second-order valence-corrected chi connectivity index (χ2v) is 7.15. The van der Waals surface area contributed by atoms with Crippen LogP contribution in [0, 0.1) is 6.92 Å². The molecule has 6 nitrogen and oxygen atoms in total. The predicted molar refractivity (Wildman–Crippen MR) is 97.7 cm³/mol. The monoisotopic (exact) mass is 353 g/mol. The molecule has 3 aromatic heterocycles. The maximum Gasteiger partial charge on any atom is 0.255 e. The summed E-state index contributed by atoms with van der Waals surface area (Å²) in [7, 11) is 0. The van der Waals surface area contributed by atoms with E-state index in [1.807, 2.05) is 36.2 Å². The summed E-state index contributed by atoms with van der Waals surface area (Å²) in [5, 5.41) is 3.15. The molecule has 4 rings (SSSR count). The summed E-state index contributed by atoms with van der Waals surface area (Å²) in [6, 6.07) is 5.78. The molecule has 4 heterocycles. The third kappa shape index (κ3) is 3.28. The summed E-state index contributed by atoms with van der Waals surface area (Å²) >= 11 is 1.66. The summed E-state index contributed by atoms with van der Waals surface area (Å²) in [4.78, 5) is 28.9. The Bertz CT molecular complexity index is 873. The summed E-state index contributed by atoms with van der Waals surface area (Å²) in [6.07, 6.45) is 5.33. The molecule has 0 saturated carbocycles. The van der Waals surface area contributed by atoms with Gasteiger partial charge in [0.05, 0.1) is 22.8 Å². The molecule has 7 heteroatoms. The lowest BCUT2D eigenvalue weighted by molar-refractivity contribution is 0.0751.